The molecule has 0 unspecified atom stereocenters. The summed E-state index contributed by atoms with van der Waals surface area (Å²) in [6.45, 7) is 7.24. The van der Waals surface area contributed by atoms with Gasteiger partial charge in [0.15, 0.2) is 0 Å². The molecular formula is C14H23N3O. The Kier molecular flexibility index (Phi) is 4.44. The van der Waals surface area contributed by atoms with Crippen molar-refractivity contribution in [3.05, 3.63) is 24.3 Å². The minimum Gasteiger partial charge on any atom is -0.497 e. The van der Waals surface area contributed by atoms with E-state index in [0.29, 0.717) is 6.04 Å². The average molecular weight is 249 g/mol. The predicted molar refractivity (Wildman–Crippen MR) is 75.3 cm³/mol. The van der Waals surface area contributed by atoms with E-state index in [1.807, 2.05) is 12.1 Å². The molecule has 0 amide bonds. The summed E-state index contributed by atoms with van der Waals surface area (Å²) in [5.74, 6) is 0.911. The number of methoxy groups -OCH3 is 1. The van der Waals surface area contributed by atoms with Crippen molar-refractivity contribution in [3.8, 4) is 5.75 Å². The first-order valence-electron chi connectivity index (χ1n) is 6.57. The van der Waals surface area contributed by atoms with Gasteiger partial charge in [0, 0.05) is 44.5 Å². The highest BCUT2D eigenvalue weighted by Crippen LogP contribution is 2.20. The largest absolute Gasteiger partial charge is 0.497 e. The summed E-state index contributed by atoms with van der Waals surface area (Å²) in [6.07, 6.45) is 0. The fraction of sp³-hybridized carbons (Fsp3) is 0.571. The summed E-state index contributed by atoms with van der Waals surface area (Å²) in [5, 5.41) is 0. The molecule has 1 aromatic carbocycles. The van der Waals surface area contributed by atoms with Gasteiger partial charge in [-0.2, -0.15) is 0 Å². The fourth-order valence-corrected chi connectivity index (χ4v) is 2.36. The Labute approximate surface area is 109 Å². The minimum absolute atomic E-state index is 0.489. The number of rotatable bonds is 4. The zero-order chi connectivity index (χ0) is 13.0. The molecular weight excluding hydrogens is 226 g/mol. The molecule has 1 saturated heterocycles. The Hall–Kier alpha value is -1.26. The van der Waals surface area contributed by atoms with Gasteiger partial charge in [-0.05, 0) is 31.2 Å². The lowest BCUT2D eigenvalue weighted by molar-refractivity contribution is 0.201. The number of hydrogen-bond donors (Lipinski definition) is 1. The molecule has 0 aromatic heterocycles. The maximum absolute atomic E-state index is 5.71. The van der Waals surface area contributed by atoms with E-state index in [4.69, 9.17) is 10.5 Å². The van der Waals surface area contributed by atoms with Crippen molar-refractivity contribution in [2.24, 2.45) is 5.73 Å². The Morgan fingerprint density at radius 1 is 1.17 bits per heavy atom. The summed E-state index contributed by atoms with van der Waals surface area (Å²) >= 11 is 0. The Balaban J connectivity index is 1.92. The summed E-state index contributed by atoms with van der Waals surface area (Å²) in [7, 11) is 1.70. The van der Waals surface area contributed by atoms with E-state index in [1.54, 1.807) is 7.11 Å². The molecule has 1 aliphatic heterocycles. The lowest BCUT2D eigenvalue weighted by Crippen LogP contribution is -2.51. The van der Waals surface area contributed by atoms with Crippen LogP contribution in [0.4, 0.5) is 5.69 Å². The van der Waals surface area contributed by atoms with Gasteiger partial charge in [0.05, 0.1) is 7.11 Å². The predicted octanol–water partition coefficient (Wildman–Crippen LogP) is 1.16. The van der Waals surface area contributed by atoms with Crippen molar-refractivity contribution in [3.63, 3.8) is 0 Å². The molecule has 0 saturated carbocycles. The highest BCUT2D eigenvalue weighted by atomic mass is 16.5. The maximum atomic E-state index is 5.71. The monoisotopic (exact) mass is 249 g/mol. The third-order valence-electron chi connectivity index (χ3n) is 3.72. The van der Waals surface area contributed by atoms with E-state index in [2.05, 4.69) is 28.9 Å². The van der Waals surface area contributed by atoms with Crippen LogP contribution in [0.5, 0.6) is 5.75 Å². The third-order valence-corrected chi connectivity index (χ3v) is 3.72. The van der Waals surface area contributed by atoms with Crippen LogP contribution in [-0.2, 0) is 0 Å². The van der Waals surface area contributed by atoms with Gasteiger partial charge in [-0.1, -0.05) is 0 Å². The van der Waals surface area contributed by atoms with Gasteiger partial charge in [-0.3, -0.25) is 4.90 Å². The number of hydrogen-bond acceptors (Lipinski definition) is 4. The number of ether oxygens (including phenoxy) is 1. The van der Waals surface area contributed by atoms with Crippen LogP contribution in [0.3, 0.4) is 0 Å². The van der Waals surface area contributed by atoms with Crippen molar-refractivity contribution in [1.29, 1.82) is 0 Å². The van der Waals surface area contributed by atoms with Gasteiger partial charge >= 0.3 is 0 Å². The van der Waals surface area contributed by atoms with E-state index >= 15 is 0 Å². The van der Waals surface area contributed by atoms with E-state index < -0.39 is 0 Å². The third kappa shape index (κ3) is 2.94. The zero-order valence-corrected chi connectivity index (χ0v) is 11.3. The lowest BCUT2D eigenvalue weighted by atomic mass is 10.2. The number of benzene rings is 1. The van der Waals surface area contributed by atoms with Crippen LogP contribution in [0.1, 0.15) is 6.92 Å². The van der Waals surface area contributed by atoms with Crippen LogP contribution in [-0.4, -0.2) is 50.8 Å². The fourth-order valence-electron chi connectivity index (χ4n) is 2.36. The summed E-state index contributed by atoms with van der Waals surface area (Å²) in [5.41, 5.74) is 6.99. The molecule has 2 N–H and O–H groups in total. The number of nitrogens with zero attached hydrogens (tertiary/aromatic N) is 2. The number of nitrogens with two attached hydrogens (primary N) is 1. The Morgan fingerprint density at radius 2 is 1.78 bits per heavy atom. The highest BCUT2D eigenvalue weighted by Gasteiger charge is 2.20. The van der Waals surface area contributed by atoms with Gasteiger partial charge in [-0.25, -0.2) is 0 Å². The quantitative estimate of drug-likeness (QED) is 0.869. The van der Waals surface area contributed by atoms with E-state index in [0.717, 1.165) is 38.5 Å². The van der Waals surface area contributed by atoms with Crippen molar-refractivity contribution >= 4 is 5.69 Å². The van der Waals surface area contributed by atoms with Gasteiger partial charge < -0.3 is 15.4 Å². The summed E-state index contributed by atoms with van der Waals surface area (Å²) < 4.78 is 5.18. The Bertz CT molecular complexity index is 358. The molecule has 4 nitrogen and oxygen atoms in total. The van der Waals surface area contributed by atoms with Crippen LogP contribution in [0.2, 0.25) is 0 Å². The second-order valence-corrected chi connectivity index (χ2v) is 4.81. The first-order valence-corrected chi connectivity index (χ1v) is 6.57. The van der Waals surface area contributed by atoms with Crippen molar-refractivity contribution in [2.45, 2.75) is 13.0 Å². The molecule has 1 fully saturated rings. The van der Waals surface area contributed by atoms with Crippen molar-refractivity contribution < 1.29 is 4.74 Å². The standard InChI is InChI=1S/C14H23N3O/c1-12(11-15)16-7-9-17(10-8-16)13-3-5-14(18-2)6-4-13/h3-6,12H,7-11,15H2,1-2H3/t12-/m0/s1. The summed E-state index contributed by atoms with van der Waals surface area (Å²) in [4.78, 5) is 4.87. The van der Waals surface area contributed by atoms with Crippen LogP contribution in [0.25, 0.3) is 0 Å². The maximum Gasteiger partial charge on any atom is 0.119 e. The van der Waals surface area contributed by atoms with Crippen molar-refractivity contribution in [2.75, 3.05) is 44.7 Å². The molecule has 18 heavy (non-hydrogen) atoms. The number of piperazine rings is 1. The van der Waals surface area contributed by atoms with Gasteiger partial charge in [0.2, 0.25) is 0 Å². The molecule has 0 aliphatic carbocycles. The first-order chi connectivity index (χ1) is 8.74. The molecule has 0 bridgehead atoms. The van der Waals surface area contributed by atoms with E-state index in [-0.39, 0.29) is 0 Å². The molecule has 0 spiro atoms. The highest BCUT2D eigenvalue weighted by molar-refractivity contribution is 5.49. The summed E-state index contributed by atoms with van der Waals surface area (Å²) in [6, 6.07) is 8.78. The minimum atomic E-state index is 0.489. The molecule has 0 radical (unpaired) electrons. The van der Waals surface area contributed by atoms with Gasteiger partial charge in [-0.15, -0.1) is 0 Å². The van der Waals surface area contributed by atoms with Gasteiger partial charge in [0.25, 0.3) is 0 Å². The van der Waals surface area contributed by atoms with Gasteiger partial charge in [0.1, 0.15) is 5.75 Å². The molecule has 100 valence electrons. The van der Waals surface area contributed by atoms with Crippen molar-refractivity contribution in [1.82, 2.24) is 4.90 Å². The van der Waals surface area contributed by atoms with Crippen LogP contribution in [0.15, 0.2) is 24.3 Å². The van der Waals surface area contributed by atoms with E-state index in [1.165, 1.54) is 5.69 Å². The Morgan fingerprint density at radius 3 is 2.28 bits per heavy atom. The lowest BCUT2D eigenvalue weighted by Gasteiger charge is -2.38. The zero-order valence-electron chi connectivity index (χ0n) is 11.3. The van der Waals surface area contributed by atoms with E-state index in [9.17, 15) is 0 Å². The van der Waals surface area contributed by atoms with Crippen LogP contribution < -0.4 is 15.4 Å². The smallest absolute Gasteiger partial charge is 0.119 e. The average Bonchev–Trinajstić information content (AvgIpc) is 2.47. The normalized spacial score (nSPS) is 18.7. The molecule has 1 aromatic rings. The topological polar surface area (TPSA) is 41.7 Å². The van der Waals surface area contributed by atoms with Crippen LogP contribution >= 0.6 is 0 Å². The SMILES string of the molecule is COc1ccc(N2CCN([C@@H](C)CN)CC2)cc1. The number of anilines is 1. The molecule has 2 rings (SSSR count). The van der Waals surface area contributed by atoms with Crippen LogP contribution in [0, 0.1) is 0 Å². The molecule has 1 aliphatic rings. The molecule has 1 atom stereocenters. The molecule has 1 heterocycles. The second kappa shape index (κ2) is 6.07. The molecule has 4 heteroatoms. The first kappa shape index (κ1) is 13.2. The second-order valence-electron chi connectivity index (χ2n) is 4.81.